The lowest BCUT2D eigenvalue weighted by molar-refractivity contribution is -0.126. The van der Waals surface area contributed by atoms with Gasteiger partial charge in [-0.15, -0.1) is 0 Å². The highest BCUT2D eigenvalue weighted by Gasteiger charge is 2.25. The van der Waals surface area contributed by atoms with Gasteiger partial charge in [-0.05, 0) is 31.4 Å². The van der Waals surface area contributed by atoms with E-state index in [-0.39, 0.29) is 17.9 Å². The van der Waals surface area contributed by atoms with Crippen LogP contribution in [-0.4, -0.2) is 27.1 Å². The second-order valence-corrected chi connectivity index (χ2v) is 6.87. The molecular weight excluding hydrogens is 358 g/mol. The topological polar surface area (TPSA) is 96.7 Å². The minimum absolute atomic E-state index is 0.0209. The molecule has 122 valence electrons. The van der Waals surface area contributed by atoms with E-state index in [0.717, 1.165) is 35.7 Å². The van der Waals surface area contributed by atoms with Gasteiger partial charge in [0.1, 0.15) is 5.82 Å². The lowest BCUT2D eigenvalue weighted by Gasteiger charge is -2.25. The van der Waals surface area contributed by atoms with E-state index in [9.17, 15) is 4.79 Å². The molecule has 7 heteroatoms. The standard InChI is InChI=1S/C16H20BrN5O/c17-12-6-4-10(5-7-12)15-20-14(21-22-15)9-19-16(23)11-2-1-3-13(18)8-11/h4-7,11,13H,1-3,8-9,18H2,(H,19,23)(H,20,21,22). The van der Waals surface area contributed by atoms with E-state index in [2.05, 4.69) is 36.4 Å². The van der Waals surface area contributed by atoms with Crippen LogP contribution in [0.5, 0.6) is 0 Å². The number of rotatable bonds is 4. The van der Waals surface area contributed by atoms with E-state index >= 15 is 0 Å². The van der Waals surface area contributed by atoms with Crippen LogP contribution in [0, 0.1) is 5.92 Å². The smallest absolute Gasteiger partial charge is 0.223 e. The molecule has 4 N–H and O–H groups in total. The molecule has 0 saturated heterocycles. The molecule has 1 aromatic carbocycles. The van der Waals surface area contributed by atoms with Crippen molar-refractivity contribution in [2.75, 3.05) is 0 Å². The van der Waals surface area contributed by atoms with E-state index in [4.69, 9.17) is 5.73 Å². The molecule has 2 atom stereocenters. The van der Waals surface area contributed by atoms with Gasteiger partial charge in [-0.25, -0.2) is 4.98 Å². The van der Waals surface area contributed by atoms with E-state index in [1.54, 1.807) is 0 Å². The molecule has 1 amide bonds. The Morgan fingerprint density at radius 3 is 2.87 bits per heavy atom. The molecule has 6 nitrogen and oxygen atoms in total. The summed E-state index contributed by atoms with van der Waals surface area (Å²) in [5, 5.41) is 10.00. The van der Waals surface area contributed by atoms with Gasteiger partial charge in [0, 0.05) is 22.0 Å². The van der Waals surface area contributed by atoms with Crippen molar-refractivity contribution in [3.8, 4) is 11.4 Å². The summed E-state index contributed by atoms with van der Waals surface area (Å²) in [6, 6.07) is 7.92. The maximum Gasteiger partial charge on any atom is 0.223 e. The van der Waals surface area contributed by atoms with Gasteiger partial charge in [0.25, 0.3) is 0 Å². The van der Waals surface area contributed by atoms with Gasteiger partial charge in [-0.3, -0.25) is 9.89 Å². The van der Waals surface area contributed by atoms with Crippen molar-refractivity contribution >= 4 is 21.8 Å². The lowest BCUT2D eigenvalue weighted by atomic mass is 9.85. The molecule has 1 aromatic heterocycles. The molecule has 0 spiro atoms. The second-order valence-electron chi connectivity index (χ2n) is 5.95. The minimum atomic E-state index is 0.0209. The van der Waals surface area contributed by atoms with Gasteiger partial charge in [0.2, 0.25) is 5.91 Å². The van der Waals surface area contributed by atoms with Crippen molar-refractivity contribution in [1.82, 2.24) is 20.5 Å². The third-order valence-corrected chi connectivity index (χ3v) is 4.68. The summed E-state index contributed by atoms with van der Waals surface area (Å²) in [7, 11) is 0. The summed E-state index contributed by atoms with van der Waals surface area (Å²) in [6.45, 7) is 0.355. The summed E-state index contributed by atoms with van der Waals surface area (Å²) in [4.78, 5) is 16.6. The number of H-pyrrole nitrogens is 1. The zero-order chi connectivity index (χ0) is 16.2. The van der Waals surface area contributed by atoms with Crippen LogP contribution in [0.15, 0.2) is 28.7 Å². The molecule has 1 aliphatic carbocycles. The molecule has 2 unspecified atom stereocenters. The number of carbonyl (C=O) groups is 1. The number of carbonyl (C=O) groups excluding carboxylic acids is 1. The third-order valence-electron chi connectivity index (χ3n) is 4.15. The number of aromatic amines is 1. The van der Waals surface area contributed by atoms with Crippen LogP contribution < -0.4 is 11.1 Å². The van der Waals surface area contributed by atoms with Crippen molar-refractivity contribution in [3.05, 3.63) is 34.6 Å². The molecule has 3 rings (SSSR count). The Morgan fingerprint density at radius 1 is 1.35 bits per heavy atom. The molecule has 1 heterocycles. The van der Waals surface area contributed by atoms with Gasteiger partial charge in [0.15, 0.2) is 5.82 Å². The fourth-order valence-electron chi connectivity index (χ4n) is 2.88. The molecule has 0 radical (unpaired) electrons. The maximum absolute atomic E-state index is 12.2. The molecule has 1 fully saturated rings. The van der Waals surface area contributed by atoms with Crippen LogP contribution in [0.2, 0.25) is 0 Å². The molecule has 23 heavy (non-hydrogen) atoms. The molecule has 2 aromatic rings. The molecule has 1 aliphatic rings. The zero-order valence-electron chi connectivity index (χ0n) is 12.8. The van der Waals surface area contributed by atoms with Gasteiger partial charge in [-0.1, -0.05) is 34.5 Å². The highest BCUT2D eigenvalue weighted by atomic mass is 79.9. The van der Waals surface area contributed by atoms with Crippen LogP contribution in [0.25, 0.3) is 11.4 Å². The number of nitrogens with two attached hydrogens (primary N) is 1. The fraction of sp³-hybridized carbons (Fsp3) is 0.438. The predicted molar refractivity (Wildman–Crippen MR) is 91.3 cm³/mol. The van der Waals surface area contributed by atoms with E-state index in [1.807, 2.05) is 24.3 Å². The number of nitrogens with one attached hydrogen (secondary N) is 2. The van der Waals surface area contributed by atoms with Gasteiger partial charge in [-0.2, -0.15) is 5.10 Å². The predicted octanol–water partition coefficient (Wildman–Crippen LogP) is 2.37. The summed E-state index contributed by atoms with van der Waals surface area (Å²) in [6.07, 6.45) is 3.73. The van der Waals surface area contributed by atoms with Crippen molar-refractivity contribution in [1.29, 1.82) is 0 Å². The average Bonchev–Trinajstić information content (AvgIpc) is 3.02. The van der Waals surface area contributed by atoms with Crippen LogP contribution in [0.3, 0.4) is 0 Å². The molecular formula is C16H20BrN5O. The Kier molecular flexibility index (Phi) is 5.07. The first-order valence-electron chi connectivity index (χ1n) is 7.82. The number of amides is 1. The third kappa shape index (κ3) is 4.17. The first kappa shape index (κ1) is 16.1. The number of halogens is 1. The quantitative estimate of drug-likeness (QED) is 0.761. The molecule has 0 aliphatic heterocycles. The first-order chi connectivity index (χ1) is 11.1. The van der Waals surface area contributed by atoms with Gasteiger partial charge < -0.3 is 11.1 Å². The molecule has 0 bridgehead atoms. The van der Waals surface area contributed by atoms with Crippen molar-refractivity contribution < 1.29 is 4.79 Å². The summed E-state index contributed by atoms with van der Waals surface area (Å²) >= 11 is 3.40. The zero-order valence-corrected chi connectivity index (χ0v) is 14.3. The number of benzene rings is 1. The Labute approximate surface area is 143 Å². The van der Waals surface area contributed by atoms with E-state index in [1.165, 1.54) is 0 Å². The monoisotopic (exact) mass is 377 g/mol. The Morgan fingerprint density at radius 2 is 2.13 bits per heavy atom. The maximum atomic E-state index is 12.2. The van der Waals surface area contributed by atoms with Crippen LogP contribution >= 0.6 is 15.9 Å². The Hall–Kier alpha value is -1.73. The van der Waals surface area contributed by atoms with Gasteiger partial charge in [0.05, 0.1) is 6.54 Å². The fourth-order valence-corrected chi connectivity index (χ4v) is 3.15. The normalized spacial score (nSPS) is 21.1. The number of hydrogen-bond donors (Lipinski definition) is 3. The Balaban J connectivity index is 1.56. The van der Waals surface area contributed by atoms with E-state index in [0.29, 0.717) is 18.2 Å². The largest absolute Gasteiger partial charge is 0.349 e. The van der Waals surface area contributed by atoms with Crippen molar-refractivity contribution in [2.45, 2.75) is 38.3 Å². The second kappa shape index (κ2) is 7.23. The van der Waals surface area contributed by atoms with Crippen LogP contribution in [0.1, 0.15) is 31.5 Å². The van der Waals surface area contributed by atoms with E-state index < -0.39 is 0 Å². The van der Waals surface area contributed by atoms with Crippen molar-refractivity contribution in [2.24, 2.45) is 11.7 Å². The number of aromatic nitrogens is 3. The highest BCUT2D eigenvalue weighted by Crippen LogP contribution is 2.23. The number of hydrogen-bond acceptors (Lipinski definition) is 4. The highest BCUT2D eigenvalue weighted by molar-refractivity contribution is 9.10. The Bertz CT molecular complexity index is 669. The lowest BCUT2D eigenvalue weighted by Crippen LogP contribution is -2.37. The first-order valence-corrected chi connectivity index (χ1v) is 8.61. The van der Waals surface area contributed by atoms with Crippen LogP contribution in [-0.2, 0) is 11.3 Å². The van der Waals surface area contributed by atoms with Gasteiger partial charge >= 0.3 is 0 Å². The number of nitrogens with zero attached hydrogens (tertiary/aromatic N) is 2. The molecule has 1 saturated carbocycles. The minimum Gasteiger partial charge on any atom is -0.349 e. The summed E-state index contributed by atoms with van der Waals surface area (Å²) in [5.74, 6) is 1.35. The van der Waals surface area contributed by atoms with Crippen molar-refractivity contribution in [3.63, 3.8) is 0 Å². The summed E-state index contributed by atoms with van der Waals surface area (Å²) < 4.78 is 1.01. The summed E-state index contributed by atoms with van der Waals surface area (Å²) in [5.41, 5.74) is 6.87. The average molecular weight is 378 g/mol. The van der Waals surface area contributed by atoms with Crippen LogP contribution in [0.4, 0.5) is 0 Å². The SMILES string of the molecule is NC1CCCC(C(=O)NCc2nc(-c3ccc(Br)cc3)n[nH]2)C1.